The molecule has 0 spiro atoms. The molecule has 0 aliphatic heterocycles. The molecule has 0 bridgehead atoms. The number of rotatable bonds is 2. The zero-order chi connectivity index (χ0) is 5.91. The van der Waals surface area contributed by atoms with Gasteiger partial charge in [-0.3, -0.25) is 11.8 Å². The van der Waals surface area contributed by atoms with Gasteiger partial charge in [-0.15, -0.1) is 0 Å². The number of halogens is 1. The van der Waals surface area contributed by atoms with Crippen molar-refractivity contribution in [3.63, 3.8) is 0 Å². The Kier molecular flexibility index (Phi) is 6.74. The molecule has 0 aromatic rings. The molecule has 0 rings (SSSR count). The van der Waals surface area contributed by atoms with E-state index in [-0.39, 0.29) is 24.6 Å². The maximum Gasteiger partial charge on any atom is 1.00 e. The quantitative estimate of drug-likeness (QED) is 0.421. The molecule has 0 atom stereocenters. The molecule has 0 unspecified atom stereocenters. The summed E-state index contributed by atoms with van der Waals surface area (Å²) in [5.41, 5.74) is 0. The molecule has 0 radical (unpaired) electrons. The van der Waals surface area contributed by atoms with Gasteiger partial charge in [0.25, 0.3) is 0 Å². The number of hydrogen-bond donors (Lipinski definition) is 0. The average molecular weight is 150 g/mol. The summed E-state index contributed by atoms with van der Waals surface area (Å²) in [5, 5.41) is 0. The molecule has 6 heteroatoms. The van der Waals surface area contributed by atoms with Crippen molar-refractivity contribution in [3.8, 4) is 0 Å². The standard InChI is InChI=1S/C2H5ClNO2S.Li/c1-2-7(5,6)4-3;/h2H2,1H3;/q-1;+1. The maximum absolute atomic E-state index is 10.1. The number of sulfonamides is 1. The summed E-state index contributed by atoms with van der Waals surface area (Å²) < 4.78 is 22.7. The Morgan fingerprint density at radius 1 is 1.62 bits per heavy atom. The molecule has 0 N–H and O–H groups in total. The molecule has 8 heavy (non-hydrogen) atoms. The number of hydrogen-bond acceptors (Lipinski definition) is 2. The third kappa shape index (κ3) is 4.94. The topological polar surface area (TPSA) is 48.2 Å². The van der Waals surface area contributed by atoms with E-state index in [2.05, 4.69) is 16.0 Å². The molecule has 0 aromatic carbocycles. The number of nitrogens with zero attached hydrogens (tertiary/aromatic N) is 1. The normalized spacial score (nSPS) is 10.2. The van der Waals surface area contributed by atoms with E-state index in [1.54, 1.807) is 0 Å². The molecule has 0 amide bonds. The third-order valence-electron chi connectivity index (χ3n) is 0.470. The predicted octanol–water partition coefficient (Wildman–Crippen LogP) is -2.13. The molecular weight excluding hydrogens is 144 g/mol. The first-order valence-electron chi connectivity index (χ1n) is 1.68. The summed E-state index contributed by atoms with van der Waals surface area (Å²) in [4.78, 5) is 0. The van der Waals surface area contributed by atoms with Crippen molar-refractivity contribution in [1.82, 2.24) is 0 Å². The molecule has 3 nitrogen and oxygen atoms in total. The van der Waals surface area contributed by atoms with Crippen LogP contribution in [0, 0.1) is 0 Å². The monoisotopic (exact) mass is 149 g/mol. The Hall–Kier alpha value is 0.797. The summed E-state index contributed by atoms with van der Waals surface area (Å²) in [7, 11) is -3.27. The van der Waals surface area contributed by atoms with Crippen LogP contribution in [0.1, 0.15) is 6.92 Å². The first kappa shape index (κ1) is 11.6. The van der Waals surface area contributed by atoms with Gasteiger partial charge in [0.15, 0.2) is 0 Å². The minimum Gasteiger partial charge on any atom is -0.462 e. The van der Waals surface area contributed by atoms with Gasteiger partial charge < -0.3 is 4.24 Å². The van der Waals surface area contributed by atoms with E-state index in [0.717, 1.165) is 0 Å². The second-order valence-corrected chi connectivity index (χ2v) is 3.23. The van der Waals surface area contributed by atoms with Crippen molar-refractivity contribution in [2.75, 3.05) is 5.75 Å². The van der Waals surface area contributed by atoms with Crippen molar-refractivity contribution in [1.29, 1.82) is 0 Å². The van der Waals surface area contributed by atoms with Gasteiger partial charge in [0.2, 0.25) is 0 Å². The van der Waals surface area contributed by atoms with Gasteiger partial charge in [-0.1, -0.05) is 6.92 Å². The summed E-state index contributed by atoms with van der Waals surface area (Å²) >= 11 is 4.63. The van der Waals surface area contributed by atoms with Crippen LogP contribution in [0.4, 0.5) is 0 Å². The van der Waals surface area contributed by atoms with Gasteiger partial charge >= 0.3 is 18.9 Å². The molecule has 0 aromatic heterocycles. The molecule has 0 aliphatic carbocycles. The van der Waals surface area contributed by atoms with Gasteiger partial charge in [-0.2, -0.15) is 0 Å². The first-order valence-corrected chi connectivity index (χ1v) is 3.63. The zero-order valence-electron chi connectivity index (χ0n) is 4.76. The second kappa shape index (κ2) is 4.66. The SMILES string of the molecule is CCS(=O)(=O)[N-]Cl.[Li+]. The summed E-state index contributed by atoms with van der Waals surface area (Å²) in [6.45, 7) is 1.47. The Balaban J connectivity index is 0. The summed E-state index contributed by atoms with van der Waals surface area (Å²) in [6, 6.07) is 0. The summed E-state index contributed by atoms with van der Waals surface area (Å²) in [6.07, 6.45) is 0. The van der Waals surface area contributed by atoms with Crippen LogP contribution in [0.15, 0.2) is 0 Å². The van der Waals surface area contributed by atoms with E-state index in [1.165, 1.54) is 6.92 Å². The van der Waals surface area contributed by atoms with E-state index < -0.39 is 10.0 Å². The van der Waals surface area contributed by atoms with E-state index in [4.69, 9.17) is 0 Å². The van der Waals surface area contributed by atoms with Crippen LogP contribution in [0.5, 0.6) is 0 Å². The Bertz CT molecular complexity index is 123. The van der Waals surface area contributed by atoms with Crippen molar-refractivity contribution in [3.05, 3.63) is 4.24 Å². The van der Waals surface area contributed by atoms with E-state index in [0.29, 0.717) is 0 Å². The minimum atomic E-state index is -3.27. The summed E-state index contributed by atoms with van der Waals surface area (Å²) in [5.74, 6) is -0.0312. The van der Waals surface area contributed by atoms with Gasteiger partial charge in [0, 0.05) is 5.75 Å². The van der Waals surface area contributed by atoms with Crippen LogP contribution >= 0.6 is 11.8 Å². The first-order chi connectivity index (χ1) is 3.12. The van der Waals surface area contributed by atoms with Crippen LogP contribution in [-0.2, 0) is 10.0 Å². The molecule has 44 valence electrons. The van der Waals surface area contributed by atoms with Crippen LogP contribution in [0.2, 0.25) is 0 Å². The molecule has 0 saturated heterocycles. The van der Waals surface area contributed by atoms with Crippen molar-refractivity contribution < 1.29 is 27.3 Å². The maximum atomic E-state index is 10.1. The van der Waals surface area contributed by atoms with E-state index >= 15 is 0 Å². The van der Waals surface area contributed by atoms with Gasteiger partial charge in [0.05, 0.1) is 10.0 Å². The third-order valence-corrected chi connectivity index (χ3v) is 2.04. The average Bonchev–Trinajstić information content (AvgIpc) is 1.68. The van der Waals surface area contributed by atoms with E-state index in [9.17, 15) is 8.42 Å². The second-order valence-electron chi connectivity index (χ2n) is 0.940. The van der Waals surface area contributed by atoms with Crippen LogP contribution in [0.25, 0.3) is 4.24 Å². The van der Waals surface area contributed by atoms with Gasteiger partial charge in [-0.05, 0) is 0 Å². The van der Waals surface area contributed by atoms with Gasteiger partial charge in [0.1, 0.15) is 0 Å². The van der Waals surface area contributed by atoms with E-state index in [1.807, 2.05) is 0 Å². The predicted molar refractivity (Wildman–Crippen MR) is 28.7 cm³/mol. The molecular formula is C2H5ClLiNO2S. The molecule has 0 fully saturated rings. The largest absolute Gasteiger partial charge is 1.00 e. The zero-order valence-corrected chi connectivity index (χ0v) is 6.33. The van der Waals surface area contributed by atoms with Gasteiger partial charge in [-0.25, -0.2) is 8.42 Å². The Morgan fingerprint density at radius 2 is 2.00 bits per heavy atom. The fraction of sp³-hybridized carbons (Fsp3) is 1.00. The van der Waals surface area contributed by atoms with Crippen LogP contribution in [-0.4, -0.2) is 14.2 Å². The van der Waals surface area contributed by atoms with Crippen LogP contribution < -0.4 is 18.9 Å². The smallest absolute Gasteiger partial charge is 0.462 e. The fourth-order valence-corrected chi connectivity index (χ4v) is 0.439. The van der Waals surface area contributed by atoms with Crippen molar-refractivity contribution in [2.45, 2.75) is 6.92 Å². The van der Waals surface area contributed by atoms with Crippen molar-refractivity contribution in [2.24, 2.45) is 0 Å². The Morgan fingerprint density at radius 3 is 2.00 bits per heavy atom. The molecule has 0 heterocycles. The molecule has 0 aliphatic rings. The fourth-order valence-electron chi connectivity index (χ4n) is 0.0488. The van der Waals surface area contributed by atoms with Crippen LogP contribution in [0.3, 0.4) is 0 Å². The van der Waals surface area contributed by atoms with Crippen molar-refractivity contribution >= 4 is 21.8 Å². The molecule has 0 saturated carbocycles. The Labute approximate surface area is 66.1 Å². The minimum absolute atomic E-state index is 0.